The first-order valence-electron chi connectivity index (χ1n) is 13.9. The van der Waals surface area contributed by atoms with Gasteiger partial charge in [0.25, 0.3) is 0 Å². The molecule has 1 aromatic carbocycles. The molecule has 0 unspecified atom stereocenters. The molecule has 2 nitrogen and oxygen atoms in total. The predicted octanol–water partition coefficient (Wildman–Crippen LogP) is 8.46. The molecule has 3 saturated carbocycles. The summed E-state index contributed by atoms with van der Waals surface area (Å²) in [5.41, 5.74) is 5.20. The van der Waals surface area contributed by atoms with E-state index in [1.165, 1.54) is 50.3 Å². The van der Waals surface area contributed by atoms with Gasteiger partial charge in [0.05, 0.1) is 17.2 Å². The van der Waals surface area contributed by atoms with Crippen LogP contribution in [0.3, 0.4) is 0 Å². The molecule has 1 aromatic heterocycles. The summed E-state index contributed by atoms with van der Waals surface area (Å²) in [5.74, 6) is 3.27. The highest BCUT2D eigenvalue weighted by Crippen LogP contribution is 2.68. The van der Waals surface area contributed by atoms with Gasteiger partial charge in [-0.1, -0.05) is 37.6 Å². The normalized spacial score (nSPS) is 39.8. The van der Waals surface area contributed by atoms with Gasteiger partial charge in [-0.3, -0.25) is 4.98 Å². The fourth-order valence-electron chi connectivity index (χ4n) is 9.09. The Morgan fingerprint density at radius 3 is 2.65 bits per heavy atom. The van der Waals surface area contributed by atoms with E-state index in [0.29, 0.717) is 22.9 Å². The lowest BCUT2D eigenvalue weighted by molar-refractivity contribution is -0.0922. The second kappa shape index (κ2) is 7.92. The van der Waals surface area contributed by atoms with E-state index in [1.807, 2.05) is 6.20 Å². The van der Waals surface area contributed by atoms with Crippen LogP contribution in [-0.4, -0.2) is 16.7 Å². The molecule has 4 aliphatic rings. The molecule has 1 heterocycles. The summed E-state index contributed by atoms with van der Waals surface area (Å²) >= 11 is 0. The molecule has 0 saturated heterocycles. The number of benzene rings is 1. The van der Waals surface area contributed by atoms with Crippen molar-refractivity contribution in [1.29, 1.82) is 0 Å². The minimum atomic E-state index is -0.0412. The van der Waals surface area contributed by atoms with Crippen molar-refractivity contribution >= 4 is 10.9 Å². The molecule has 0 bridgehead atoms. The Balaban J connectivity index is 1.26. The summed E-state index contributed by atoms with van der Waals surface area (Å²) in [7, 11) is 0. The van der Waals surface area contributed by atoms with Crippen LogP contribution < -0.4 is 0 Å². The van der Waals surface area contributed by atoms with Gasteiger partial charge in [0.2, 0.25) is 0 Å². The molecule has 3 fully saturated rings. The molecular weight excluding hydrogens is 414 g/mol. The molecule has 2 heteroatoms. The minimum Gasteiger partial charge on any atom is -0.372 e. The second-order valence-electron chi connectivity index (χ2n) is 13.5. The van der Waals surface area contributed by atoms with Crippen LogP contribution in [0.5, 0.6) is 0 Å². The van der Waals surface area contributed by atoms with E-state index in [1.54, 1.807) is 11.1 Å². The summed E-state index contributed by atoms with van der Waals surface area (Å²) in [5, 5.41) is 1.30. The zero-order valence-electron chi connectivity index (χ0n) is 21.9. The van der Waals surface area contributed by atoms with Gasteiger partial charge in [-0.15, -0.1) is 0 Å². The number of aromatic nitrogens is 1. The molecule has 182 valence electrons. The summed E-state index contributed by atoms with van der Waals surface area (Å²) < 4.78 is 6.44. The van der Waals surface area contributed by atoms with Crippen LogP contribution in [0, 0.1) is 28.6 Å². The fourth-order valence-corrected chi connectivity index (χ4v) is 9.09. The number of hydrogen-bond donors (Lipinski definition) is 0. The molecule has 4 aliphatic carbocycles. The van der Waals surface area contributed by atoms with Crippen molar-refractivity contribution in [3.8, 4) is 0 Å². The molecule has 0 amide bonds. The average Bonchev–Trinajstić information content (AvgIpc) is 3.15. The van der Waals surface area contributed by atoms with Gasteiger partial charge in [0.15, 0.2) is 0 Å². The number of rotatable bonds is 2. The molecule has 0 aliphatic heterocycles. The third kappa shape index (κ3) is 3.58. The zero-order chi connectivity index (χ0) is 23.7. The number of ether oxygens (including phenoxy) is 1. The maximum atomic E-state index is 6.44. The van der Waals surface area contributed by atoms with Crippen molar-refractivity contribution in [3.63, 3.8) is 0 Å². The van der Waals surface area contributed by atoms with Gasteiger partial charge in [-0.25, -0.2) is 0 Å². The molecule has 34 heavy (non-hydrogen) atoms. The number of pyridine rings is 1. The van der Waals surface area contributed by atoms with Gasteiger partial charge < -0.3 is 4.74 Å². The summed E-state index contributed by atoms with van der Waals surface area (Å²) in [6.45, 7) is 11.9. The number of fused-ring (bicyclic) bond motifs is 6. The lowest BCUT2D eigenvalue weighted by Gasteiger charge is -2.58. The van der Waals surface area contributed by atoms with Crippen LogP contribution in [0.25, 0.3) is 10.9 Å². The maximum absolute atomic E-state index is 6.44. The van der Waals surface area contributed by atoms with Gasteiger partial charge in [-0.2, -0.15) is 0 Å². The van der Waals surface area contributed by atoms with E-state index in [0.717, 1.165) is 29.7 Å². The van der Waals surface area contributed by atoms with Crippen molar-refractivity contribution in [2.24, 2.45) is 28.6 Å². The highest BCUT2D eigenvalue weighted by Gasteiger charge is 2.58. The first-order valence-corrected chi connectivity index (χ1v) is 13.9. The monoisotopic (exact) mass is 457 g/mol. The quantitative estimate of drug-likeness (QED) is 0.422. The highest BCUT2D eigenvalue weighted by atomic mass is 16.5. The Morgan fingerprint density at radius 2 is 1.82 bits per heavy atom. The molecule has 0 spiro atoms. The van der Waals surface area contributed by atoms with Crippen LogP contribution in [0.1, 0.15) is 97.5 Å². The van der Waals surface area contributed by atoms with Crippen molar-refractivity contribution in [1.82, 2.24) is 4.98 Å². The van der Waals surface area contributed by atoms with Crippen molar-refractivity contribution < 1.29 is 4.74 Å². The largest absolute Gasteiger partial charge is 0.372 e. The van der Waals surface area contributed by atoms with Gasteiger partial charge in [-0.05, 0) is 130 Å². The third-order valence-corrected chi connectivity index (χ3v) is 10.6. The summed E-state index contributed by atoms with van der Waals surface area (Å²) in [4.78, 5) is 4.56. The van der Waals surface area contributed by atoms with Crippen molar-refractivity contribution in [3.05, 3.63) is 53.7 Å². The standard InChI is InChI=1S/C32H43NO/c1-30(2,3)34-24-14-16-31(4)23(20-24)9-10-25-27-12-11-26(32(27,5)17-15-28(25)31)21-8-13-29-22(19-21)7-6-18-33-29/h6-9,13,18-19,24-28H,10-12,14-17,20H2,1-5H3/t24-,25+,26-,27+,28+,31+,32-/m1/s1. The summed E-state index contributed by atoms with van der Waals surface area (Å²) in [6.07, 6.45) is 15.5. The Hall–Kier alpha value is -1.67. The Morgan fingerprint density at radius 1 is 0.971 bits per heavy atom. The second-order valence-corrected chi connectivity index (χ2v) is 13.5. The molecule has 0 N–H and O–H groups in total. The smallest absolute Gasteiger partial charge is 0.0702 e. The SMILES string of the molecule is CC(C)(C)O[C@@H]1CC[C@@]2(C)C(=CC[C@H]3[C@@H]4CC[C@H](c5ccc6ncccc6c5)[C@@]4(C)CC[C@@H]32)C1. The van der Waals surface area contributed by atoms with Gasteiger partial charge in [0.1, 0.15) is 0 Å². The lowest BCUT2D eigenvalue weighted by Crippen LogP contribution is -2.50. The number of allylic oxidation sites excluding steroid dienone is 1. The molecule has 7 atom stereocenters. The van der Waals surface area contributed by atoms with Gasteiger partial charge in [0, 0.05) is 11.6 Å². The number of nitrogens with zero attached hydrogens (tertiary/aromatic N) is 1. The van der Waals surface area contributed by atoms with Crippen LogP contribution in [-0.2, 0) is 4.74 Å². The Kier molecular flexibility index (Phi) is 5.30. The Bertz CT molecular complexity index is 1110. The zero-order valence-corrected chi connectivity index (χ0v) is 21.9. The van der Waals surface area contributed by atoms with E-state index in [4.69, 9.17) is 4.74 Å². The summed E-state index contributed by atoms with van der Waals surface area (Å²) in [6, 6.07) is 11.4. The molecule has 2 aromatic rings. The average molecular weight is 458 g/mol. The van der Waals surface area contributed by atoms with Crippen LogP contribution in [0.4, 0.5) is 0 Å². The Labute approximate surface area is 206 Å². The van der Waals surface area contributed by atoms with E-state index in [2.05, 4.69) is 76.0 Å². The fraction of sp³-hybridized carbons (Fsp3) is 0.656. The maximum Gasteiger partial charge on any atom is 0.0702 e. The van der Waals surface area contributed by atoms with Crippen LogP contribution in [0.15, 0.2) is 48.2 Å². The molecular formula is C32H43NO. The van der Waals surface area contributed by atoms with Crippen LogP contribution >= 0.6 is 0 Å². The first-order chi connectivity index (χ1) is 16.2. The van der Waals surface area contributed by atoms with E-state index in [-0.39, 0.29) is 5.60 Å². The van der Waals surface area contributed by atoms with Gasteiger partial charge >= 0.3 is 0 Å². The predicted molar refractivity (Wildman–Crippen MR) is 141 cm³/mol. The molecule has 6 rings (SSSR count). The van der Waals surface area contributed by atoms with E-state index in [9.17, 15) is 0 Å². The number of hydrogen-bond acceptors (Lipinski definition) is 2. The third-order valence-electron chi connectivity index (χ3n) is 10.6. The lowest BCUT2D eigenvalue weighted by atomic mass is 9.47. The van der Waals surface area contributed by atoms with Crippen molar-refractivity contribution in [2.45, 2.75) is 104 Å². The minimum absolute atomic E-state index is 0.0412. The van der Waals surface area contributed by atoms with Crippen LogP contribution in [0.2, 0.25) is 0 Å². The first kappa shape index (κ1) is 22.8. The van der Waals surface area contributed by atoms with E-state index >= 15 is 0 Å². The van der Waals surface area contributed by atoms with Crippen molar-refractivity contribution in [2.75, 3.05) is 0 Å². The molecule has 0 radical (unpaired) electrons. The highest BCUT2D eigenvalue weighted by molar-refractivity contribution is 5.79. The topological polar surface area (TPSA) is 22.1 Å². The van der Waals surface area contributed by atoms with E-state index < -0.39 is 0 Å².